The third-order valence-electron chi connectivity index (χ3n) is 2.51. The molecule has 0 spiro atoms. The number of carbonyl (C=O) groups is 2. The maximum absolute atomic E-state index is 11.3. The molecule has 1 rings (SSSR count). The fourth-order valence-electron chi connectivity index (χ4n) is 1.35. The maximum Gasteiger partial charge on any atom is 0.324 e. The molecule has 0 radical (unpaired) electrons. The molecule has 1 saturated heterocycles. The first kappa shape index (κ1) is 12.3. The van der Waals surface area contributed by atoms with Crippen molar-refractivity contribution in [2.75, 3.05) is 32.1 Å². The standard InChI is InChI=1S/C9H16N2O3S/c1-11(2)7(12)5-10-9(8(13)14)3-4-15-6-9/h10H,3-6H2,1-2H3,(H,13,14). The van der Waals surface area contributed by atoms with Crippen molar-refractivity contribution < 1.29 is 14.7 Å². The van der Waals surface area contributed by atoms with E-state index in [-0.39, 0.29) is 12.5 Å². The molecule has 6 heteroatoms. The number of thioether (sulfide) groups is 1. The van der Waals surface area contributed by atoms with Gasteiger partial charge in [-0.15, -0.1) is 0 Å². The Bertz CT molecular complexity index is 262. The molecule has 1 unspecified atom stereocenters. The van der Waals surface area contributed by atoms with Crippen LogP contribution in [-0.2, 0) is 9.59 Å². The number of likely N-dealkylation sites (N-methyl/N-ethyl adjacent to an activating group) is 1. The van der Waals surface area contributed by atoms with Crippen LogP contribution in [0.15, 0.2) is 0 Å². The molecule has 5 nitrogen and oxygen atoms in total. The van der Waals surface area contributed by atoms with Crippen molar-refractivity contribution in [2.24, 2.45) is 0 Å². The van der Waals surface area contributed by atoms with Crippen LogP contribution in [0.2, 0.25) is 0 Å². The largest absolute Gasteiger partial charge is 0.480 e. The Morgan fingerprint density at radius 1 is 1.53 bits per heavy atom. The van der Waals surface area contributed by atoms with Crippen LogP contribution in [0, 0.1) is 0 Å². The van der Waals surface area contributed by atoms with Gasteiger partial charge in [-0.05, 0) is 12.2 Å². The first-order valence-corrected chi connectivity index (χ1v) is 5.90. The first-order valence-electron chi connectivity index (χ1n) is 4.74. The summed E-state index contributed by atoms with van der Waals surface area (Å²) in [7, 11) is 3.31. The second-order valence-electron chi connectivity index (χ2n) is 3.83. The van der Waals surface area contributed by atoms with Crippen LogP contribution in [0.1, 0.15) is 6.42 Å². The highest BCUT2D eigenvalue weighted by atomic mass is 32.2. The Balaban J connectivity index is 2.53. The number of nitrogens with one attached hydrogen (secondary N) is 1. The van der Waals surface area contributed by atoms with Crippen molar-refractivity contribution in [3.8, 4) is 0 Å². The SMILES string of the molecule is CN(C)C(=O)CNC1(C(=O)O)CCSC1. The summed E-state index contributed by atoms with van der Waals surface area (Å²) < 4.78 is 0. The van der Waals surface area contributed by atoms with Crippen LogP contribution in [0.5, 0.6) is 0 Å². The second-order valence-corrected chi connectivity index (χ2v) is 4.94. The Labute approximate surface area is 93.2 Å². The zero-order valence-electron chi connectivity index (χ0n) is 8.95. The lowest BCUT2D eigenvalue weighted by Gasteiger charge is -2.25. The summed E-state index contributed by atoms with van der Waals surface area (Å²) in [6.45, 7) is 0.0832. The molecule has 1 amide bonds. The first-order chi connectivity index (χ1) is 6.98. The quantitative estimate of drug-likeness (QED) is 0.692. The number of aliphatic carboxylic acids is 1. The van der Waals surface area contributed by atoms with Gasteiger partial charge in [0.2, 0.25) is 5.91 Å². The van der Waals surface area contributed by atoms with Crippen LogP contribution >= 0.6 is 11.8 Å². The van der Waals surface area contributed by atoms with Gasteiger partial charge >= 0.3 is 5.97 Å². The lowest BCUT2D eigenvalue weighted by molar-refractivity contribution is -0.144. The van der Waals surface area contributed by atoms with Gasteiger partial charge in [0.1, 0.15) is 5.54 Å². The van der Waals surface area contributed by atoms with Gasteiger partial charge in [-0.3, -0.25) is 14.9 Å². The van der Waals surface area contributed by atoms with E-state index in [4.69, 9.17) is 5.11 Å². The molecular formula is C9H16N2O3S. The number of carboxylic acid groups (broad SMARTS) is 1. The lowest BCUT2D eigenvalue weighted by atomic mass is 9.99. The summed E-state index contributed by atoms with van der Waals surface area (Å²) in [5.41, 5.74) is -0.906. The number of hydrogen-bond acceptors (Lipinski definition) is 4. The molecule has 0 aromatic carbocycles. The third-order valence-corrected chi connectivity index (χ3v) is 3.70. The molecule has 0 aliphatic carbocycles. The van der Waals surface area contributed by atoms with Crippen molar-refractivity contribution >= 4 is 23.6 Å². The average molecular weight is 232 g/mol. The number of hydrogen-bond donors (Lipinski definition) is 2. The third kappa shape index (κ3) is 2.85. The van der Waals surface area contributed by atoms with E-state index >= 15 is 0 Å². The van der Waals surface area contributed by atoms with Crippen molar-refractivity contribution in [1.82, 2.24) is 10.2 Å². The minimum atomic E-state index is -0.906. The second kappa shape index (κ2) is 4.85. The molecule has 2 N–H and O–H groups in total. The fourth-order valence-corrected chi connectivity index (χ4v) is 2.71. The zero-order chi connectivity index (χ0) is 11.5. The Morgan fingerprint density at radius 3 is 2.60 bits per heavy atom. The monoisotopic (exact) mass is 232 g/mol. The Hall–Kier alpha value is -0.750. The molecular weight excluding hydrogens is 216 g/mol. The lowest BCUT2D eigenvalue weighted by Crippen LogP contribution is -2.54. The van der Waals surface area contributed by atoms with Crippen molar-refractivity contribution in [2.45, 2.75) is 12.0 Å². The van der Waals surface area contributed by atoms with Gasteiger partial charge in [0, 0.05) is 19.8 Å². The minimum absolute atomic E-state index is 0.0832. The maximum atomic E-state index is 11.3. The number of carbonyl (C=O) groups excluding carboxylic acids is 1. The Kier molecular flexibility index (Phi) is 3.98. The normalized spacial score (nSPS) is 25.2. The number of amides is 1. The summed E-state index contributed by atoms with van der Waals surface area (Å²) in [6.07, 6.45) is 0.577. The van der Waals surface area contributed by atoms with E-state index < -0.39 is 11.5 Å². The average Bonchev–Trinajstić information content (AvgIpc) is 2.63. The van der Waals surface area contributed by atoms with Gasteiger partial charge in [0.15, 0.2) is 0 Å². The van der Waals surface area contributed by atoms with Crippen molar-refractivity contribution in [1.29, 1.82) is 0 Å². The van der Waals surface area contributed by atoms with Gasteiger partial charge < -0.3 is 10.0 Å². The van der Waals surface area contributed by atoms with E-state index in [0.717, 1.165) is 5.75 Å². The van der Waals surface area contributed by atoms with Crippen LogP contribution in [0.3, 0.4) is 0 Å². The topological polar surface area (TPSA) is 69.6 Å². The summed E-state index contributed by atoms with van der Waals surface area (Å²) >= 11 is 1.60. The number of nitrogens with zero attached hydrogens (tertiary/aromatic N) is 1. The van der Waals surface area contributed by atoms with Crippen LogP contribution < -0.4 is 5.32 Å². The van der Waals surface area contributed by atoms with E-state index in [2.05, 4.69) is 5.32 Å². The smallest absolute Gasteiger partial charge is 0.324 e. The fraction of sp³-hybridized carbons (Fsp3) is 0.778. The number of carboxylic acids is 1. The molecule has 1 fully saturated rings. The van der Waals surface area contributed by atoms with Gasteiger partial charge in [0.25, 0.3) is 0 Å². The van der Waals surface area contributed by atoms with Gasteiger partial charge in [0.05, 0.1) is 6.54 Å². The van der Waals surface area contributed by atoms with Crippen LogP contribution in [0.25, 0.3) is 0 Å². The highest BCUT2D eigenvalue weighted by molar-refractivity contribution is 7.99. The molecule has 0 aromatic heterocycles. The predicted molar refractivity (Wildman–Crippen MR) is 59.0 cm³/mol. The molecule has 0 bridgehead atoms. The van der Waals surface area contributed by atoms with E-state index in [9.17, 15) is 9.59 Å². The van der Waals surface area contributed by atoms with Crippen molar-refractivity contribution in [3.63, 3.8) is 0 Å². The molecule has 1 atom stereocenters. The van der Waals surface area contributed by atoms with Gasteiger partial charge in [-0.1, -0.05) is 0 Å². The summed E-state index contributed by atoms with van der Waals surface area (Å²) in [5.74, 6) is 0.393. The minimum Gasteiger partial charge on any atom is -0.480 e. The molecule has 0 aromatic rings. The van der Waals surface area contributed by atoms with Crippen LogP contribution in [0.4, 0.5) is 0 Å². The van der Waals surface area contributed by atoms with Gasteiger partial charge in [-0.25, -0.2) is 0 Å². The molecule has 15 heavy (non-hydrogen) atoms. The summed E-state index contributed by atoms with van der Waals surface area (Å²) in [4.78, 5) is 23.9. The van der Waals surface area contributed by atoms with Gasteiger partial charge in [-0.2, -0.15) is 11.8 Å². The van der Waals surface area contributed by atoms with E-state index in [1.165, 1.54) is 4.90 Å². The summed E-state index contributed by atoms with van der Waals surface area (Å²) in [6, 6.07) is 0. The molecule has 1 heterocycles. The molecule has 0 saturated carbocycles. The van der Waals surface area contributed by atoms with E-state index in [0.29, 0.717) is 12.2 Å². The van der Waals surface area contributed by atoms with Crippen LogP contribution in [-0.4, -0.2) is 59.6 Å². The van der Waals surface area contributed by atoms with E-state index in [1.54, 1.807) is 25.9 Å². The zero-order valence-corrected chi connectivity index (χ0v) is 9.76. The highest BCUT2D eigenvalue weighted by Crippen LogP contribution is 2.27. The van der Waals surface area contributed by atoms with Crippen molar-refractivity contribution in [3.05, 3.63) is 0 Å². The molecule has 1 aliphatic rings. The Morgan fingerprint density at radius 2 is 2.20 bits per heavy atom. The number of rotatable bonds is 4. The summed E-state index contributed by atoms with van der Waals surface area (Å²) in [5, 5.41) is 12.0. The van der Waals surface area contributed by atoms with E-state index in [1.807, 2.05) is 0 Å². The predicted octanol–water partition coefficient (Wildman–Crippen LogP) is -0.375. The molecule has 1 aliphatic heterocycles. The molecule has 86 valence electrons. The highest BCUT2D eigenvalue weighted by Gasteiger charge is 2.41.